The molecule has 0 aromatic heterocycles. The number of nitrogens with zero attached hydrogens (tertiary/aromatic N) is 2. The standard InChI is InChI=1S/C26H19FN2O3/c1-2-14-28(16-19-8-11-21(27)12-9-19)24(30)20-10-13-22-23(15-20)26(32)29(25(22)31)17-18-6-4-3-5-7-18/h1,3-13,15H,14,16-17H2. The van der Waals surface area contributed by atoms with E-state index in [1.807, 2.05) is 30.3 Å². The quantitative estimate of drug-likeness (QED) is 0.444. The van der Waals surface area contributed by atoms with Gasteiger partial charge in [0.2, 0.25) is 0 Å². The van der Waals surface area contributed by atoms with Crippen LogP contribution >= 0.6 is 0 Å². The topological polar surface area (TPSA) is 57.7 Å². The zero-order valence-corrected chi connectivity index (χ0v) is 17.1. The number of benzene rings is 3. The van der Waals surface area contributed by atoms with Crippen LogP contribution < -0.4 is 0 Å². The van der Waals surface area contributed by atoms with Crippen LogP contribution in [0, 0.1) is 18.2 Å². The summed E-state index contributed by atoms with van der Waals surface area (Å²) in [7, 11) is 0. The van der Waals surface area contributed by atoms with Gasteiger partial charge in [0.05, 0.1) is 24.2 Å². The van der Waals surface area contributed by atoms with E-state index >= 15 is 0 Å². The number of carbonyl (C=O) groups excluding carboxylic acids is 3. The summed E-state index contributed by atoms with van der Waals surface area (Å²) in [5, 5.41) is 0. The predicted molar refractivity (Wildman–Crippen MR) is 117 cm³/mol. The zero-order valence-electron chi connectivity index (χ0n) is 17.1. The van der Waals surface area contributed by atoms with Crippen LogP contribution in [-0.4, -0.2) is 34.1 Å². The van der Waals surface area contributed by atoms with E-state index in [-0.39, 0.29) is 54.0 Å². The predicted octanol–water partition coefficient (Wildman–Crippen LogP) is 3.90. The first kappa shape index (κ1) is 21.0. The largest absolute Gasteiger partial charge is 0.323 e. The average molecular weight is 426 g/mol. The molecule has 0 bridgehead atoms. The van der Waals surface area contributed by atoms with Gasteiger partial charge in [-0.05, 0) is 41.5 Å². The molecular formula is C26H19FN2O3. The maximum atomic E-state index is 13.2. The number of halogens is 1. The maximum absolute atomic E-state index is 13.2. The molecule has 4 rings (SSSR count). The summed E-state index contributed by atoms with van der Waals surface area (Å²) in [5.74, 6) is 0.878. The van der Waals surface area contributed by atoms with Crippen LogP contribution in [0.4, 0.5) is 4.39 Å². The number of amides is 3. The summed E-state index contributed by atoms with van der Waals surface area (Å²) < 4.78 is 13.2. The van der Waals surface area contributed by atoms with Gasteiger partial charge in [-0.15, -0.1) is 6.42 Å². The summed E-state index contributed by atoms with van der Waals surface area (Å²) in [5.41, 5.74) is 2.27. The molecule has 0 fully saturated rings. The first-order chi connectivity index (χ1) is 15.5. The Bertz CT molecular complexity index is 1230. The van der Waals surface area contributed by atoms with Gasteiger partial charge >= 0.3 is 0 Å². The molecule has 1 heterocycles. The highest BCUT2D eigenvalue weighted by Gasteiger charge is 2.36. The molecule has 3 aromatic carbocycles. The highest BCUT2D eigenvalue weighted by atomic mass is 19.1. The third-order valence-electron chi connectivity index (χ3n) is 5.26. The molecule has 0 saturated carbocycles. The van der Waals surface area contributed by atoms with Crippen molar-refractivity contribution in [3.63, 3.8) is 0 Å². The Kier molecular flexibility index (Phi) is 5.82. The fourth-order valence-electron chi connectivity index (χ4n) is 3.64. The van der Waals surface area contributed by atoms with Gasteiger partial charge in [0, 0.05) is 12.1 Å². The summed E-state index contributed by atoms with van der Waals surface area (Å²) >= 11 is 0. The molecule has 3 amide bonds. The van der Waals surface area contributed by atoms with E-state index in [0.717, 1.165) is 11.1 Å². The smallest absolute Gasteiger partial charge is 0.261 e. The van der Waals surface area contributed by atoms with Crippen LogP contribution in [-0.2, 0) is 13.1 Å². The van der Waals surface area contributed by atoms with Crippen LogP contribution in [0.15, 0.2) is 72.8 Å². The molecule has 1 aliphatic rings. The minimum absolute atomic E-state index is 0.0420. The van der Waals surface area contributed by atoms with E-state index in [0.29, 0.717) is 0 Å². The number of terminal acetylenes is 1. The molecule has 5 nitrogen and oxygen atoms in total. The molecule has 32 heavy (non-hydrogen) atoms. The van der Waals surface area contributed by atoms with Crippen molar-refractivity contribution in [3.8, 4) is 12.3 Å². The molecule has 0 radical (unpaired) electrons. The lowest BCUT2D eigenvalue weighted by molar-refractivity contribution is 0.0642. The van der Waals surface area contributed by atoms with Gasteiger partial charge < -0.3 is 4.90 Å². The first-order valence-corrected chi connectivity index (χ1v) is 9.99. The van der Waals surface area contributed by atoms with Crippen molar-refractivity contribution in [2.75, 3.05) is 6.54 Å². The third-order valence-corrected chi connectivity index (χ3v) is 5.26. The van der Waals surface area contributed by atoms with E-state index in [1.54, 1.807) is 12.1 Å². The van der Waals surface area contributed by atoms with Gasteiger partial charge in [-0.25, -0.2) is 4.39 Å². The second kappa shape index (κ2) is 8.86. The van der Waals surface area contributed by atoms with Crippen LogP contribution in [0.1, 0.15) is 42.2 Å². The lowest BCUT2D eigenvalue weighted by Crippen LogP contribution is -2.31. The lowest BCUT2D eigenvalue weighted by Gasteiger charge is -2.20. The highest BCUT2D eigenvalue weighted by Crippen LogP contribution is 2.26. The Morgan fingerprint density at radius 3 is 2.28 bits per heavy atom. The Labute approximate surface area is 185 Å². The number of carbonyl (C=O) groups is 3. The van der Waals surface area contributed by atoms with Gasteiger partial charge in [-0.2, -0.15) is 0 Å². The Morgan fingerprint density at radius 2 is 1.59 bits per heavy atom. The molecule has 0 N–H and O–H groups in total. The molecule has 0 unspecified atom stereocenters. The van der Waals surface area contributed by atoms with E-state index in [9.17, 15) is 18.8 Å². The Balaban J connectivity index is 1.57. The lowest BCUT2D eigenvalue weighted by atomic mass is 10.0. The van der Waals surface area contributed by atoms with Crippen molar-refractivity contribution in [1.29, 1.82) is 0 Å². The van der Waals surface area contributed by atoms with Crippen LogP contribution in [0.5, 0.6) is 0 Å². The maximum Gasteiger partial charge on any atom is 0.261 e. The minimum atomic E-state index is -0.439. The molecule has 1 aliphatic heterocycles. The summed E-state index contributed by atoms with van der Waals surface area (Å²) in [6.45, 7) is 0.387. The summed E-state index contributed by atoms with van der Waals surface area (Å²) in [4.78, 5) is 41.4. The third kappa shape index (κ3) is 4.14. The van der Waals surface area contributed by atoms with Crippen molar-refractivity contribution in [3.05, 3.63) is 106 Å². The number of hydrogen-bond acceptors (Lipinski definition) is 3. The minimum Gasteiger partial charge on any atom is -0.323 e. The van der Waals surface area contributed by atoms with Gasteiger partial charge in [0.1, 0.15) is 5.82 Å². The highest BCUT2D eigenvalue weighted by molar-refractivity contribution is 6.22. The fourth-order valence-corrected chi connectivity index (χ4v) is 3.64. The van der Waals surface area contributed by atoms with Crippen molar-refractivity contribution < 1.29 is 18.8 Å². The summed E-state index contributed by atoms with van der Waals surface area (Å²) in [6.07, 6.45) is 5.44. The van der Waals surface area contributed by atoms with Crippen LogP contribution in [0.2, 0.25) is 0 Å². The Hall–Kier alpha value is -4.24. The van der Waals surface area contributed by atoms with E-state index < -0.39 is 5.91 Å². The summed E-state index contributed by atoms with van der Waals surface area (Å²) in [6, 6.07) is 19.5. The molecular weight excluding hydrogens is 407 g/mol. The van der Waals surface area contributed by atoms with Crippen molar-refractivity contribution >= 4 is 17.7 Å². The molecule has 6 heteroatoms. The number of fused-ring (bicyclic) bond motifs is 1. The SMILES string of the molecule is C#CCN(Cc1ccc(F)cc1)C(=O)c1ccc2c(c1)C(=O)N(Cc1ccccc1)C2=O. The Morgan fingerprint density at radius 1 is 0.906 bits per heavy atom. The van der Waals surface area contributed by atoms with Crippen molar-refractivity contribution in [1.82, 2.24) is 9.80 Å². The zero-order chi connectivity index (χ0) is 22.7. The fraction of sp³-hybridized carbons (Fsp3) is 0.115. The first-order valence-electron chi connectivity index (χ1n) is 9.99. The van der Waals surface area contributed by atoms with Crippen LogP contribution in [0.3, 0.4) is 0 Å². The van der Waals surface area contributed by atoms with Gasteiger partial charge in [-0.3, -0.25) is 19.3 Å². The normalized spacial score (nSPS) is 12.4. The second-order valence-electron chi connectivity index (χ2n) is 7.43. The van der Waals surface area contributed by atoms with Gasteiger partial charge in [-0.1, -0.05) is 48.4 Å². The van der Waals surface area contributed by atoms with E-state index in [1.165, 1.54) is 40.1 Å². The molecule has 3 aromatic rings. The monoisotopic (exact) mass is 426 g/mol. The molecule has 0 atom stereocenters. The van der Waals surface area contributed by atoms with Crippen molar-refractivity contribution in [2.45, 2.75) is 13.1 Å². The molecule has 0 spiro atoms. The number of rotatable bonds is 6. The van der Waals surface area contributed by atoms with Crippen LogP contribution in [0.25, 0.3) is 0 Å². The molecule has 158 valence electrons. The van der Waals surface area contributed by atoms with E-state index in [4.69, 9.17) is 6.42 Å². The van der Waals surface area contributed by atoms with Gasteiger partial charge in [0.25, 0.3) is 17.7 Å². The number of imide groups is 1. The second-order valence-corrected chi connectivity index (χ2v) is 7.43. The number of hydrogen-bond donors (Lipinski definition) is 0. The molecule has 0 aliphatic carbocycles. The molecule has 0 saturated heterocycles. The average Bonchev–Trinajstić information content (AvgIpc) is 3.04. The van der Waals surface area contributed by atoms with Gasteiger partial charge in [0.15, 0.2) is 0 Å². The van der Waals surface area contributed by atoms with E-state index in [2.05, 4.69) is 5.92 Å². The van der Waals surface area contributed by atoms with Crippen molar-refractivity contribution in [2.24, 2.45) is 0 Å².